The molecule has 0 aromatic heterocycles. The Balaban J connectivity index is 2.22. The smallest absolute Gasteiger partial charge is 0.410 e. The fourth-order valence-electron chi connectivity index (χ4n) is 3.84. The molecule has 1 aliphatic rings. The molecular formula is C25H43NO4Si. The monoisotopic (exact) mass is 449 g/mol. The van der Waals surface area contributed by atoms with Gasteiger partial charge >= 0.3 is 6.09 Å². The van der Waals surface area contributed by atoms with Gasteiger partial charge in [0.15, 0.2) is 8.32 Å². The van der Waals surface area contributed by atoms with E-state index in [1.807, 2.05) is 52.0 Å². The number of likely N-dealkylation sites (tertiary alicyclic amines) is 1. The van der Waals surface area contributed by atoms with Crippen LogP contribution in [-0.4, -0.2) is 48.7 Å². The topological polar surface area (TPSA) is 59.0 Å². The van der Waals surface area contributed by atoms with E-state index in [0.29, 0.717) is 19.4 Å². The molecule has 0 aliphatic carbocycles. The Hall–Kier alpha value is -1.37. The Morgan fingerprint density at radius 2 is 1.81 bits per heavy atom. The van der Waals surface area contributed by atoms with Crippen LogP contribution in [0.4, 0.5) is 4.79 Å². The lowest BCUT2D eigenvalue weighted by atomic mass is 9.91. The van der Waals surface area contributed by atoms with Crippen molar-refractivity contribution in [3.05, 3.63) is 35.4 Å². The molecule has 176 valence electrons. The minimum atomic E-state index is -1.92. The predicted molar refractivity (Wildman–Crippen MR) is 129 cm³/mol. The number of nitrogens with zero attached hydrogens (tertiary/aromatic N) is 1. The van der Waals surface area contributed by atoms with E-state index in [2.05, 4.69) is 33.9 Å². The van der Waals surface area contributed by atoms with Gasteiger partial charge in [0.1, 0.15) is 5.60 Å². The summed E-state index contributed by atoms with van der Waals surface area (Å²) in [6.07, 6.45) is 1.13. The van der Waals surface area contributed by atoms with Crippen LogP contribution in [-0.2, 0) is 9.16 Å². The summed E-state index contributed by atoms with van der Waals surface area (Å²) in [6.45, 7) is 19.5. The first-order valence-electron chi connectivity index (χ1n) is 11.5. The molecule has 31 heavy (non-hydrogen) atoms. The van der Waals surface area contributed by atoms with E-state index in [1.165, 1.54) is 0 Å². The number of carbonyl (C=O) groups is 1. The van der Waals surface area contributed by atoms with Gasteiger partial charge in [-0.1, -0.05) is 45.0 Å². The van der Waals surface area contributed by atoms with Crippen LogP contribution in [0.1, 0.15) is 78.0 Å². The highest BCUT2D eigenvalue weighted by Gasteiger charge is 2.42. The number of piperidine rings is 1. The van der Waals surface area contributed by atoms with Gasteiger partial charge in [0.25, 0.3) is 0 Å². The molecule has 2 rings (SSSR count). The van der Waals surface area contributed by atoms with Gasteiger partial charge in [-0.25, -0.2) is 4.79 Å². The number of benzene rings is 1. The van der Waals surface area contributed by atoms with E-state index in [-0.39, 0.29) is 23.3 Å². The maximum atomic E-state index is 13.0. The molecule has 1 saturated heterocycles. The molecule has 6 heteroatoms. The van der Waals surface area contributed by atoms with E-state index in [1.54, 1.807) is 4.90 Å². The molecule has 0 saturated carbocycles. The van der Waals surface area contributed by atoms with E-state index < -0.39 is 20.0 Å². The van der Waals surface area contributed by atoms with Crippen LogP contribution in [0.2, 0.25) is 18.1 Å². The van der Waals surface area contributed by atoms with Crippen LogP contribution in [0.5, 0.6) is 0 Å². The van der Waals surface area contributed by atoms with Gasteiger partial charge in [-0.2, -0.15) is 0 Å². The van der Waals surface area contributed by atoms with Crippen LogP contribution in [0.3, 0.4) is 0 Å². The van der Waals surface area contributed by atoms with Crippen molar-refractivity contribution in [1.29, 1.82) is 0 Å². The molecule has 1 heterocycles. The van der Waals surface area contributed by atoms with Gasteiger partial charge in [-0.15, -0.1) is 0 Å². The first-order valence-corrected chi connectivity index (χ1v) is 14.4. The lowest BCUT2D eigenvalue weighted by molar-refractivity contribution is -0.0153. The highest BCUT2D eigenvalue weighted by atomic mass is 28.4. The van der Waals surface area contributed by atoms with E-state index in [9.17, 15) is 9.90 Å². The molecule has 0 spiro atoms. The maximum absolute atomic E-state index is 13.0. The van der Waals surface area contributed by atoms with E-state index >= 15 is 0 Å². The van der Waals surface area contributed by atoms with E-state index in [4.69, 9.17) is 9.16 Å². The summed E-state index contributed by atoms with van der Waals surface area (Å²) in [7, 11) is -1.92. The van der Waals surface area contributed by atoms with Crippen LogP contribution >= 0.6 is 0 Å². The van der Waals surface area contributed by atoms with Gasteiger partial charge in [-0.3, -0.25) is 0 Å². The van der Waals surface area contributed by atoms with Crippen LogP contribution in [0.15, 0.2) is 24.3 Å². The Bertz CT molecular complexity index is 751. The van der Waals surface area contributed by atoms with Gasteiger partial charge in [-0.05, 0) is 76.2 Å². The Kier molecular flexibility index (Phi) is 8.04. The minimum absolute atomic E-state index is 0.0913. The molecule has 1 N–H and O–H groups in total. The molecular weight excluding hydrogens is 406 g/mol. The third kappa shape index (κ3) is 7.06. The molecule has 3 atom stereocenters. The molecule has 5 nitrogen and oxygen atoms in total. The van der Waals surface area contributed by atoms with Crippen molar-refractivity contribution in [2.45, 2.75) is 110 Å². The second-order valence-corrected chi connectivity index (χ2v) is 16.2. The number of amides is 1. The normalized spacial score (nSPS) is 21.7. The number of carbonyl (C=O) groups excluding carboxylic acids is 1. The zero-order valence-electron chi connectivity index (χ0n) is 21.0. The summed E-state index contributed by atoms with van der Waals surface area (Å²) in [5, 5.41) is 11.2. The molecule has 1 aliphatic heterocycles. The van der Waals surface area contributed by atoms with Gasteiger partial charge in [0.05, 0.1) is 6.10 Å². The second kappa shape index (κ2) is 9.63. The largest absolute Gasteiger partial charge is 0.444 e. The quantitative estimate of drug-likeness (QED) is 0.543. The third-order valence-corrected chi connectivity index (χ3v) is 11.1. The average Bonchev–Trinajstić information content (AvgIpc) is 2.59. The lowest BCUT2D eigenvalue weighted by Crippen LogP contribution is -2.53. The van der Waals surface area contributed by atoms with Crippen molar-refractivity contribution < 1.29 is 19.1 Å². The number of hydrogen-bond donors (Lipinski definition) is 1. The average molecular weight is 450 g/mol. The Morgan fingerprint density at radius 1 is 1.19 bits per heavy atom. The zero-order valence-corrected chi connectivity index (χ0v) is 22.0. The fourth-order valence-corrected chi connectivity index (χ4v) is 5.25. The van der Waals surface area contributed by atoms with Crippen molar-refractivity contribution in [3.8, 4) is 0 Å². The van der Waals surface area contributed by atoms with Gasteiger partial charge in [0.2, 0.25) is 0 Å². The first kappa shape index (κ1) is 25.9. The molecule has 0 unspecified atom stereocenters. The van der Waals surface area contributed by atoms with Crippen molar-refractivity contribution in [2.75, 3.05) is 6.54 Å². The van der Waals surface area contributed by atoms with E-state index in [0.717, 1.165) is 17.5 Å². The van der Waals surface area contributed by atoms with Crippen molar-refractivity contribution in [1.82, 2.24) is 4.90 Å². The number of aliphatic hydroxyl groups excluding tert-OH is 1. The predicted octanol–water partition coefficient (Wildman–Crippen LogP) is 6.21. The summed E-state index contributed by atoms with van der Waals surface area (Å²) in [4.78, 5) is 14.8. The SMILES string of the molecule is Cc1ccccc1[C@@H](O)C[C@H]1C[C@@H](O[Si](C)(C)C(C)(C)C)CCN1C(=O)OC(C)(C)C. The number of aliphatic hydroxyl groups is 1. The highest BCUT2D eigenvalue weighted by Crippen LogP contribution is 2.39. The number of ether oxygens (including phenoxy) is 1. The minimum Gasteiger partial charge on any atom is -0.444 e. The third-order valence-electron chi connectivity index (χ3n) is 6.61. The van der Waals surface area contributed by atoms with Crippen LogP contribution < -0.4 is 0 Å². The standard InChI is InChI=1S/C25H43NO4Si/c1-18-12-10-11-13-21(18)22(27)17-19-16-20(30-31(8,9)25(5,6)7)14-15-26(19)23(28)29-24(2,3)4/h10-13,19-20,22,27H,14-17H2,1-9H3/t19-,20+,22+/m1/s1. The lowest BCUT2D eigenvalue weighted by Gasteiger charge is -2.45. The molecule has 1 aromatic rings. The summed E-state index contributed by atoms with van der Waals surface area (Å²) in [5.74, 6) is 0. The van der Waals surface area contributed by atoms with Crippen LogP contribution in [0, 0.1) is 6.92 Å². The number of rotatable bonds is 5. The molecule has 0 bridgehead atoms. The first-order chi connectivity index (χ1) is 14.1. The molecule has 1 aromatic carbocycles. The molecule has 1 fully saturated rings. The Labute approximate surface area is 190 Å². The summed E-state index contributed by atoms with van der Waals surface area (Å²) in [5.41, 5.74) is 1.42. The number of aryl methyl sites for hydroxylation is 1. The summed E-state index contributed by atoms with van der Waals surface area (Å²) in [6, 6.07) is 7.76. The number of hydrogen-bond acceptors (Lipinski definition) is 4. The van der Waals surface area contributed by atoms with Crippen molar-refractivity contribution in [3.63, 3.8) is 0 Å². The van der Waals surface area contributed by atoms with Gasteiger partial charge in [0, 0.05) is 18.7 Å². The molecule has 1 amide bonds. The van der Waals surface area contributed by atoms with Gasteiger partial charge < -0.3 is 19.2 Å². The summed E-state index contributed by atoms with van der Waals surface area (Å²) < 4.78 is 12.4. The zero-order chi connectivity index (χ0) is 23.6. The second-order valence-electron chi connectivity index (χ2n) is 11.5. The maximum Gasteiger partial charge on any atom is 0.410 e. The summed E-state index contributed by atoms with van der Waals surface area (Å²) >= 11 is 0. The molecule has 0 radical (unpaired) electrons. The Morgan fingerprint density at radius 3 is 2.35 bits per heavy atom. The van der Waals surface area contributed by atoms with Crippen molar-refractivity contribution in [2.24, 2.45) is 0 Å². The highest BCUT2D eigenvalue weighted by molar-refractivity contribution is 6.74. The van der Waals surface area contributed by atoms with Crippen molar-refractivity contribution >= 4 is 14.4 Å². The van der Waals surface area contributed by atoms with Crippen LogP contribution in [0.25, 0.3) is 0 Å². The fraction of sp³-hybridized carbons (Fsp3) is 0.720.